The quantitative estimate of drug-likeness (QED) is 0.704. The fraction of sp³-hybridized carbons (Fsp3) is 0.318. The molecule has 0 saturated heterocycles. The van der Waals surface area contributed by atoms with Crippen LogP contribution in [-0.4, -0.2) is 17.5 Å². The van der Waals surface area contributed by atoms with Gasteiger partial charge in [-0.1, -0.05) is 25.1 Å². The van der Waals surface area contributed by atoms with Gasteiger partial charge in [0.25, 0.3) is 5.91 Å². The SMILES string of the molecule is Cc1ccc2cccc(OCC(=O)Nc3sc4c(c3C#N)CC[C@H](C)C4)c2n1. The molecule has 0 aliphatic heterocycles. The summed E-state index contributed by atoms with van der Waals surface area (Å²) in [6, 6.07) is 11.9. The second-order valence-corrected chi connectivity index (χ2v) is 8.39. The van der Waals surface area contributed by atoms with Crippen LogP contribution in [-0.2, 0) is 17.6 Å². The first-order valence-corrected chi connectivity index (χ1v) is 10.2. The van der Waals surface area contributed by atoms with E-state index >= 15 is 0 Å². The smallest absolute Gasteiger partial charge is 0.262 e. The fourth-order valence-corrected chi connectivity index (χ4v) is 4.97. The Balaban J connectivity index is 1.49. The third-order valence-electron chi connectivity index (χ3n) is 5.06. The molecule has 0 unspecified atom stereocenters. The van der Waals surface area contributed by atoms with Crippen molar-refractivity contribution in [3.8, 4) is 11.8 Å². The third kappa shape index (κ3) is 3.58. The normalized spacial score (nSPS) is 15.7. The number of hydrogen-bond acceptors (Lipinski definition) is 5. The number of rotatable bonds is 4. The van der Waals surface area contributed by atoms with Crippen molar-refractivity contribution in [2.75, 3.05) is 11.9 Å². The Morgan fingerprint density at radius 3 is 3.07 bits per heavy atom. The van der Waals surface area contributed by atoms with Crippen LogP contribution < -0.4 is 10.1 Å². The van der Waals surface area contributed by atoms with Crippen LogP contribution in [0.25, 0.3) is 10.9 Å². The number of para-hydroxylation sites is 1. The highest BCUT2D eigenvalue weighted by molar-refractivity contribution is 7.16. The number of aromatic nitrogens is 1. The maximum Gasteiger partial charge on any atom is 0.262 e. The zero-order chi connectivity index (χ0) is 19.7. The first-order valence-electron chi connectivity index (χ1n) is 9.39. The molecule has 3 aromatic rings. The summed E-state index contributed by atoms with van der Waals surface area (Å²) in [6.07, 6.45) is 2.97. The molecule has 2 heterocycles. The van der Waals surface area contributed by atoms with Crippen LogP contribution in [0.4, 0.5) is 5.00 Å². The number of hydrogen-bond donors (Lipinski definition) is 1. The lowest BCUT2D eigenvalue weighted by molar-refractivity contribution is -0.118. The Morgan fingerprint density at radius 2 is 2.25 bits per heavy atom. The Bertz CT molecular complexity index is 1100. The maximum absolute atomic E-state index is 12.5. The van der Waals surface area contributed by atoms with Crippen LogP contribution >= 0.6 is 11.3 Å². The summed E-state index contributed by atoms with van der Waals surface area (Å²) >= 11 is 1.52. The van der Waals surface area contributed by atoms with Crippen LogP contribution in [0.2, 0.25) is 0 Å². The minimum Gasteiger partial charge on any atom is -0.481 e. The van der Waals surface area contributed by atoms with Gasteiger partial charge in [0, 0.05) is 16.0 Å². The molecule has 1 amide bonds. The monoisotopic (exact) mass is 391 g/mol. The van der Waals surface area contributed by atoms with Crippen molar-refractivity contribution in [2.45, 2.75) is 33.1 Å². The Labute approximate surface area is 168 Å². The minimum absolute atomic E-state index is 0.126. The molecule has 1 aliphatic rings. The van der Waals surface area contributed by atoms with E-state index in [1.165, 1.54) is 16.2 Å². The summed E-state index contributed by atoms with van der Waals surface area (Å²) in [5.74, 6) is 0.927. The van der Waals surface area contributed by atoms with Crippen LogP contribution in [0.3, 0.4) is 0 Å². The van der Waals surface area contributed by atoms with Gasteiger partial charge < -0.3 is 10.1 Å². The topological polar surface area (TPSA) is 75.0 Å². The van der Waals surface area contributed by atoms with Crippen molar-refractivity contribution in [2.24, 2.45) is 5.92 Å². The number of carbonyl (C=O) groups excluding carboxylic acids is 1. The Kier molecular flexibility index (Phi) is 5.01. The number of benzene rings is 1. The van der Waals surface area contributed by atoms with E-state index < -0.39 is 0 Å². The average Bonchev–Trinajstić information content (AvgIpc) is 3.02. The van der Waals surface area contributed by atoms with Gasteiger partial charge in [0.1, 0.15) is 22.3 Å². The summed E-state index contributed by atoms with van der Waals surface area (Å²) in [5, 5.41) is 14.0. The lowest BCUT2D eigenvalue weighted by atomic mass is 9.89. The number of thiophene rings is 1. The molecule has 0 fully saturated rings. The summed E-state index contributed by atoms with van der Waals surface area (Å²) < 4.78 is 5.75. The lowest BCUT2D eigenvalue weighted by Crippen LogP contribution is -2.20. The van der Waals surface area contributed by atoms with E-state index in [0.29, 0.717) is 22.2 Å². The van der Waals surface area contributed by atoms with Crippen LogP contribution in [0.5, 0.6) is 5.75 Å². The number of carbonyl (C=O) groups is 1. The van der Waals surface area contributed by atoms with Crippen molar-refractivity contribution in [3.05, 3.63) is 52.0 Å². The van der Waals surface area contributed by atoms with E-state index in [2.05, 4.69) is 23.3 Å². The molecule has 142 valence electrons. The summed E-state index contributed by atoms with van der Waals surface area (Å²) in [4.78, 5) is 18.2. The second kappa shape index (κ2) is 7.61. The molecule has 1 aliphatic carbocycles. The van der Waals surface area contributed by atoms with E-state index in [1.807, 2.05) is 37.3 Å². The summed E-state index contributed by atoms with van der Waals surface area (Å²) in [7, 11) is 0. The van der Waals surface area contributed by atoms with Crippen molar-refractivity contribution in [1.29, 1.82) is 5.26 Å². The molecule has 2 aromatic heterocycles. The Morgan fingerprint density at radius 1 is 1.39 bits per heavy atom. The largest absolute Gasteiger partial charge is 0.481 e. The van der Waals surface area contributed by atoms with E-state index in [-0.39, 0.29) is 12.5 Å². The molecule has 0 bridgehead atoms. The van der Waals surface area contributed by atoms with E-state index in [0.717, 1.165) is 41.4 Å². The summed E-state index contributed by atoms with van der Waals surface area (Å²) in [5.41, 5.74) is 3.36. The second-order valence-electron chi connectivity index (χ2n) is 7.29. The van der Waals surface area contributed by atoms with Gasteiger partial charge in [0.2, 0.25) is 0 Å². The maximum atomic E-state index is 12.5. The zero-order valence-corrected chi connectivity index (χ0v) is 16.7. The first-order chi connectivity index (χ1) is 13.5. The van der Waals surface area contributed by atoms with Crippen LogP contribution in [0.15, 0.2) is 30.3 Å². The van der Waals surface area contributed by atoms with Gasteiger partial charge >= 0.3 is 0 Å². The molecule has 1 N–H and O–H groups in total. The van der Waals surface area contributed by atoms with Crippen LogP contribution in [0.1, 0.15) is 35.0 Å². The van der Waals surface area contributed by atoms with Gasteiger partial charge in [-0.3, -0.25) is 4.79 Å². The number of fused-ring (bicyclic) bond motifs is 2. The highest BCUT2D eigenvalue weighted by Gasteiger charge is 2.24. The van der Waals surface area contributed by atoms with Gasteiger partial charge in [-0.25, -0.2) is 4.98 Å². The molecule has 1 aromatic carbocycles. The zero-order valence-electron chi connectivity index (χ0n) is 15.9. The Hall–Kier alpha value is -2.91. The van der Waals surface area contributed by atoms with Crippen molar-refractivity contribution in [3.63, 3.8) is 0 Å². The number of nitrogens with one attached hydrogen (secondary N) is 1. The molecule has 5 nitrogen and oxygen atoms in total. The third-order valence-corrected chi connectivity index (χ3v) is 6.23. The van der Waals surface area contributed by atoms with E-state index in [1.54, 1.807) is 0 Å². The number of aryl methyl sites for hydroxylation is 1. The predicted molar refractivity (Wildman–Crippen MR) is 111 cm³/mol. The molecule has 0 spiro atoms. The van der Waals surface area contributed by atoms with Crippen molar-refractivity contribution >= 4 is 33.1 Å². The van der Waals surface area contributed by atoms with Gasteiger partial charge in [-0.05, 0) is 49.8 Å². The van der Waals surface area contributed by atoms with Crippen LogP contribution in [0, 0.1) is 24.2 Å². The number of nitrogens with zero attached hydrogens (tertiary/aromatic N) is 2. The molecular weight excluding hydrogens is 370 g/mol. The van der Waals surface area contributed by atoms with Crippen molar-refractivity contribution in [1.82, 2.24) is 4.98 Å². The first kappa shape index (κ1) is 18.5. The van der Waals surface area contributed by atoms with Gasteiger partial charge in [0.05, 0.1) is 5.56 Å². The molecular formula is C22H21N3O2S. The van der Waals surface area contributed by atoms with Crippen molar-refractivity contribution < 1.29 is 9.53 Å². The number of nitriles is 1. The van der Waals surface area contributed by atoms with Gasteiger partial charge in [-0.15, -0.1) is 11.3 Å². The molecule has 0 radical (unpaired) electrons. The lowest BCUT2D eigenvalue weighted by Gasteiger charge is -2.17. The average molecular weight is 391 g/mol. The fourth-order valence-electron chi connectivity index (χ4n) is 3.60. The number of amides is 1. The minimum atomic E-state index is -0.271. The predicted octanol–water partition coefficient (Wildman–Crippen LogP) is 4.62. The van der Waals surface area contributed by atoms with E-state index in [4.69, 9.17) is 4.74 Å². The highest BCUT2D eigenvalue weighted by atomic mass is 32.1. The molecule has 0 saturated carbocycles. The summed E-state index contributed by atoms with van der Waals surface area (Å²) in [6.45, 7) is 4.02. The van der Waals surface area contributed by atoms with Gasteiger partial charge in [0.15, 0.2) is 6.61 Å². The van der Waals surface area contributed by atoms with E-state index in [9.17, 15) is 10.1 Å². The standard InChI is InChI=1S/C22H21N3O2S/c1-13-6-9-16-17(11-23)22(28-19(16)10-13)25-20(26)12-27-18-5-3-4-15-8-7-14(2)24-21(15)18/h3-5,7-8,13H,6,9-10,12H2,1-2H3,(H,25,26)/t13-/m0/s1. The van der Waals surface area contributed by atoms with Gasteiger partial charge in [-0.2, -0.15) is 5.26 Å². The number of anilines is 1. The molecule has 1 atom stereocenters. The molecule has 4 rings (SSSR count). The highest BCUT2D eigenvalue weighted by Crippen LogP contribution is 2.39. The molecule has 6 heteroatoms. The number of pyridine rings is 1. The molecule has 28 heavy (non-hydrogen) atoms. The number of ether oxygens (including phenoxy) is 1.